The van der Waals surface area contributed by atoms with Gasteiger partial charge in [-0.15, -0.1) is 0 Å². The maximum absolute atomic E-state index is 13.0. The number of nitriles is 1. The summed E-state index contributed by atoms with van der Waals surface area (Å²) in [5.74, 6) is -3.77. The van der Waals surface area contributed by atoms with Crippen molar-refractivity contribution in [1.29, 1.82) is 5.26 Å². The zero-order valence-electron chi connectivity index (χ0n) is 19.7. The Bertz CT molecular complexity index is 1270. The van der Waals surface area contributed by atoms with E-state index in [1.807, 2.05) is 13.8 Å². The summed E-state index contributed by atoms with van der Waals surface area (Å²) in [6.07, 6.45) is 0. The first kappa shape index (κ1) is 27.4. The molecule has 0 spiro atoms. The van der Waals surface area contributed by atoms with Gasteiger partial charge in [-0.05, 0) is 49.2 Å². The quantitative estimate of drug-likeness (QED) is 0.359. The molecular weight excluding hydrogens is 525 g/mol. The second-order valence-corrected chi connectivity index (χ2v) is 9.55. The van der Waals surface area contributed by atoms with E-state index in [2.05, 4.69) is 16.7 Å². The molecule has 3 rings (SSSR count). The molecule has 1 aliphatic rings. The predicted octanol–water partition coefficient (Wildman–Crippen LogP) is 4.81. The lowest BCUT2D eigenvalue weighted by Crippen LogP contribution is -2.44. The van der Waals surface area contributed by atoms with Crippen LogP contribution < -0.4 is 15.4 Å². The van der Waals surface area contributed by atoms with E-state index in [-0.39, 0.29) is 27.3 Å². The second-order valence-electron chi connectivity index (χ2n) is 7.75. The monoisotopic (exact) mass is 547 g/mol. The van der Waals surface area contributed by atoms with Crippen molar-refractivity contribution in [3.8, 4) is 11.8 Å². The fourth-order valence-corrected chi connectivity index (χ4v) is 4.94. The molecule has 2 N–H and O–H groups in total. The molecule has 8 nitrogen and oxygen atoms in total. The largest absolute Gasteiger partial charge is 0.492 e. The summed E-state index contributed by atoms with van der Waals surface area (Å²) in [7, 11) is 1.17. The lowest BCUT2D eigenvalue weighted by molar-refractivity contribution is -0.150. The van der Waals surface area contributed by atoms with Gasteiger partial charge in [0.1, 0.15) is 11.7 Å². The number of allylic oxidation sites excluding steroid dienone is 1. The highest BCUT2D eigenvalue weighted by Crippen LogP contribution is 2.42. The summed E-state index contributed by atoms with van der Waals surface area (Å²) in [6.45, 7) is 4.06. The number of rotatable bonds is 8. The van der Waals surface area contributed by atoms with Gasteiger partial charge in [0.05, 0.1) is 41.2 Å². The minimum Gasteiger partial charge on any atom is -0.492 e. The molecule has 2 aromatic carbocycles. The number of thioether (sulfide) groups is 1. The van der Waals surface area contributed by atoms with E-state index >= 15 is 0 Å². The van der Waals surface area contributed by atoms with Gasteiger partial charge in [-0.1, -0.05) is 47.1 Å². The topological polar surface area (TPSA) is 118 Å². The second kappa shape index (κ2) is 12.2. The smallest absolute Gasteiger partial charge is 0.319 e. The van der Waals surface area contributed by atoms with E-state index < -0.39 is 23.7 Å². The Morgan fingerprint density at radius 3 is 2.56 bits per heavy atom. The summed E-state index contributed by atoms with van der Waals surface area (Å²) < 4.78 is 10.3. The molecule has 0 aromatic heterocycles. The zero-order valence-corrected chi connectivity index (χ0v) is 22.0. The third-order valence-electron chi connectivity index (χ3n) is 5.40. The number of nitrogens with zero attached hydrogens (tertiary/aromatic N) is 1. The number of nitrogens with one attached hydrogen (secondary N) is 2. The van der Waals surface area contributed by atoms with Crippen molar-refractivity contribution < 1.29 is 23.9 Å². The Hall–Kier alpha value is -3.19. The minimum absolute atomic E-state index is 0.105. The van der Waals surface area contributed by atoms with Crippen LogP contribution in [0, 0.1) is 24.2 Å². The van der Waals surface area contributed by atoms with Crippen molar-refractivity contribution in [3.63, 3.8) is 0 Å². The molecule has 0 aliphatic carbocycles. The Labute approximate surface area is 222 Å². The molecule has 11 heteroatoms. The molecule has 0 saturated carbocycles. The number of esters is 1. The van der Waals surface area contributed by atoms with E-state index in [1.165, 1.54) is 7.11 Å². The summed E-state index contributed by atoms with van der Waals surface area (Å²) in [5, 5.41) is 16.3. The van der Waals surface area contributed by atoms with E-state index in [0.29, 0.717) is 28.6 Å². The molecule has 0 unspecified atom stereocenters. The van der Waals surface area contributed by atoms with Crippen LogP contribution in [0.1, 0.15) is 24.0 Å². The van der Waals surface area contributed by atoms with Crippen LogP contribution in [0.15, 0.2) is 47.0 Å². The van der Waals surface area contributed by atoms with Crippen molar-refractivity contribution in [2.24, 2.45) is 5.92 Å². The van der Waals surface area contributed by atoms with Gasteiger partial charge < -0.3 is 20.1 Å². The summed E-state index contributed by atoms with van der Waals surface area (Å²) in [6, 6.07) is 12.0. The third kappa shape index (κ3) is 6.13. The van der Waals surface area contributed by atoms with Crippen LogP contribution in [-0.4, -0.2) is 37.3 Å². The molecule has 36 heavy (non-hydrogen) atoms. The Morgan fingerprint density at radius 2 is 1.94 bits per heavy atom. The zero-order chi connectivity index (χ0) is 26.4. The van der Waals surface area contributed by atoms with Crippen LogP contribution in [0.2, 0.25) is 10.0 Å². The lowest BCUT2D eigenvalue weighted by atomic mass is 9.78. The van der Waals surface area contributed by atoms with E-state index in [9.17, 15) is 19.6 Å². The van der Waals surface area contributed by atoms with Crippen molar-refractivity contribution >= 4 is 58.4 Å². The molecule has 188 valence electrons. The number of carbonyl (C=O) groups excluding carboxylic acids is 3. The molecule has 2 atom stereocenters. The molecular formula is C25H23Cl2N3O5S. The van der Waals surface area contributed by atoms with Gasteiger partial charge in [0.25, 0.3) is 0 Å². The fourth-order valence-electron chi connectivity index (χ4n) is 3.67. The average molecular weight is 548 g/mol. The minimum atomic E-state index is -1.31. The van der Waals surface area contributed by atoms with Gasteiger partial charge in [-0.25, -0.2) is 0 Å². The summed E-state index contributed by atoms with van der Waals surface area (Å²) >= 11 is 13.4. The molecule has 0 radical (unpaired) electrons. The predicted molar refractivity (Wildman–Crippen MR) is 139 cm³/mol. The van der Waals surface area contributed by atoms with Crippen molar-refractivity contribution in [3.05, 3.63) is 68.2 Å². The molecule has 1 aliphatic heterocycles. The number of ether oxygens (including phenoxy) is 2. The van der Waals surface area contributed by atoms with Crippen LogP contribution in [0.25, 0.3) is 0 Å². The number of methoxy groups -OCH3 is 1. The maximum Gasteiger partial charge on any atom is 0.319 e. The number of amides is 2. The number of aryl methyl sites for hydroxylation is 1. The molecule has 0 fully saturated rings. The maximum atomic E-state index is 13.0. The lowest BCUT2D eigenvalue weighted by Gasteiger charge is -2.31. The molecule has 1 heterocycles. The number of benzene rings is 2. The number of anilines is 1. The number of halogens is 2. The highest BCUT2D eigenvalue weighted by molar-refractivity contribution is 8.03. The number of hydrogen-bond acceptors (Lipinski definition) is 7. The van der Waals surface area contributed by atoms with E-state index in [4.69, 9.17) is 32.7 Å². The van der Waals surface area contributed by atoms with Crippen molar-refractivity contribution in [1.82, 2.24) is 5.32 Å². The average Bonchev–Trinajstić information content (AvgIpc) is 2.85. The van der Waals surface area contributed by atoms with Crippen LogP contribution in [-0.2, 0) is 19.1 Å². The SMILES string of the molecule is CCOc1ccc([C@H]2C(C#N)=C(SCC(=O)Nc3ccc(C)c(Cl)c3)NC(=O)[C@@H]2C(=O)OC)cc1Cl. The van der Waals surface area contributed by atoms with E-state index in [0.717, 1.165) is 17.3 Å². The van der Waals surface area contributed by atoms with Crippen LogP contribution in [0.4, 0.5) is 5.69 Å². The van der Waals surface area contributed by atoms with Gasteiger partial charge in [0.15, 0.2) is 0 Å². The van der Waals surface area contributed by atoms with Gasteiger partial charge >= 0.3 is 5.97 Å². The van der Waals surface area contributed by atoms with Crippen LogP contribution in [0.5, 0.6) is 5.75 Å². The number of hydrogen-bond donors (Lipinski definition) is 2. The highest BCUT2D eigenvalue weighted by Gasteiger charge is 2.44. The standard InChI is InChI=1S/C25H23Cl2N3O5S/c1-4-35-19-8-6-14(9-18(19)27)21-16(11-28)24(30-23(32)22(21)25(33)34-3)36-12-20(31)29-15-7-5-13(2)17(26)10-15/h5-10,21-22H,4,12H2,1-3H3,(H,29,31)(H,30,32)/t21-,22+/m0/s1. The first-order chi connectivity index (χ1) is 17.2. The third-order valence-corrected chi connectivity index (χ3v) is 7.12. The van der Waals surface area contributed by atoms with Gasteiger partial charge in [-0.2, -0.15) is 5.26 Å². The first-order valence-corrected chi connectivity index (χ1v) is 12.6. The van der Waals surface area contributed by atoms with E-state index in [1.54, 1.807) is 36.4 Å². The highest BCUT2D eigenvalue weighted by atomic mass is 35.5. The van der Waals surface area contributed by atoms with Crippen LogP contribution >= 0.6 is 35.0 Å². The van der Waals surface area contributed by atoms with Gasteiger partial charge in [0.2, 0.25) is 11.8 Å². The summed E-state index contributed by atoms with van der Waals surface area (Å²) in [4.78, 5) is 38.1. The summed E-state index contributed by atoms with van der Waals surface area (Å²) in [5.41, 5.74) is 1.97. The van der Waals surface area contributed by atoms with Gasteiger partial charge in [-0.3, -0.25) is 14.4 Å². The molecule has 2 amide bonds. The fraction of sp³-hybridized carbons (Fsp3) is 0.280. The van der Waals surface area contributed by atoms with Crippen LogP contribution in [0.3, 0.4) is 0 Å². The Balaban J connectivity index is 1.91. The normalized spacial score (nSPS) is 17.2. The Kier molecular flexibility index (Phi) is 9.26. The van der Waals surface area contributed by atoms with Crippen molar-refractivity contribution in [2.75, 3.05) is 24.8 Å². The first-order valence-electron chi connectivity index (χ1n) is 10.8. The molecule has 2 aromatic rings. The molecule has 0 saturated heterocycles. The Morgan fingerprint density at radius 1 is 1.19 bits per heavy atom. The molecule has 0 bridgehead atoms. The van der Waals surface area contributed by atoms with Gasteiger partial charge in [0, 0.05) is 16.6 Å². The number of carbonyl (C=O) groups is 3. The van der Waals surface area contributed by atoms with Crippen molar-refractivity contribution in [2.45, 2.75) is 19.8 Å².